The van der Waals surface area contributed by atoms with Crippen LogP contribution in [0.1, 0.15) is 61.0 Å². The lowest BCUT2D eigenvalue weighted by Crippen LogP contribution is -2.16. The molecule has 2 rings (SSSR count). The first-order chi connectivity index (χ1) is 10.4. The predicted molar refractivity (Wildman–Crippen MR) is 94.0 cm³/mol. The molecule has 0 heterocycles. The molecule has 0 saturated carbocycles. The SMILES string of the molecule is CC(C)c1cccc(C(C)C)c1NC(=O)c1ccccc1Cl. The maximum atomic E-state index is 12.6. The highest BCUT2D eigenvalue weighted by molar-refractivity contribution is 6.34. The summed E-state index contributed by atoms with van der Waals surface area (Å²) in [6.45, 7) is 8.52. The van der Waals surface area contributed by atoms with E-state index in [1.165, 1.54) is 0 Å². The van der Waals surface area contributed by atoms with Gasteiger partial charge in [0.25, 0.3) is 5.91 Å². The third kappa shape index (κ3) is 3.50. The molecule has 3 heteroatoms. The van der Waals surface area contributed by atoms with Crippen molar-refractivity contribution in [2.75, 3.05) is 5.32 Å². The summed E-state index contributed by atoms with van der Waals surface area (Å²) < 4.78 is 0. The van der Waals surface area contributed by atoms with E-state index in [0.29, 0.717) is 22.4 Å². The van der Waals surface area contributed by atoms with E-state index in [0.717, 1.165) is 16.8 Å². The number of carbonyl (C=O) groups excluding carboxylic acids is 1. The van der Waals surface area contributed by atoms with E-state index in [-0.39, 0.29) is 5.91 Å². The molecular formula is C19H22ClNO. The second kappa shape index (κ2) is 6.97. The number of para-hydroxylation sites is 1. The summed E-state index contributed by atoms with van der Waals surface area (Å²) in [4.78, 5) is 12.6. The van der Waals surface area contributed by atoms with Crippen LogP contribution < -0.4 is 5.32 Å². The number of hydrogen-bond donors (Lipinski definition) is 1. The summed E-state index contributed by atoms with van der Waals surface area (Å²) in [5.41, 5.74) is 3.70. The number of anilines is 1. The van der Waals surface area contributed by atoms with Crippen molar-refractivity contribution in [2.24, 2.45) is 0 Å². The largest absolute Gasteiger partial charge is 0.321 e. The Morgan fingerprint density at radius 3 is 1.95 bits per heavy atom. The van der Waals surface area contributed by atoms with Crippen molar-refractivity contribution in [3.05, 3.63) is 64.2 Å². The van der Waals surface area contributed by atoms with Crippen LogP contribution in [0.2, 0.25) is 5.02 Å². The summed E-state index contributed by atoms with van der Waals surface area (Å²) in [6.07, 6.45) is 0. The highest BCUT2D eigenvalue weighted by Crippen LogP contribution is 2.33. The minimum atomic E-state index is -0.166. The van der Waals surface area contributed by atoms with Gasteiger partial charge in [0.05, 0.1) is 10.6 Å². The monoisotopic (exact) mass is 315 g/mol. The summed E-state index contributed by atoms with van der Waals surface area (Å²) in [6, 6.07) is 13.3. The highest BCUT2D eigenvalue weighted by Gasteiger charge is 2.17. The molecule has 1 N–H and O–H groups in total. The fourth-order valence-corrected chi connectivity index (χ4v) is 2.74. The van der Waals surface area contributed by atoms with Gasteiger partial charge in [-0.3, -0.25) is 4.79 Å². The van der Waals surface area contributed by atoms with Crippen LogP contribution in [-0.4, -0.2) is 5.91 Å². The lowest BCUT2D eigenvalue weighted by molar-refractivity contribution is 0.102. The van der Waals surface area contributed by atoms with Crippen LogP contribution in [0.5, 0.6) is 0 Å². The number of hydrogen-bond acceptors (Lipinski definition) is 1. The smallest absolute Gasteiger partial charge is 0.257 e. The van der Waals surface area contributed by atoms with Gasteiger partial charge >= 0.3 is 0 Å². The highest BCUT2D eigenvalue weighted by atomic mass is 35.5. The zero-order valence-electron chi connectivity index (χ0n) is 13.5. The van der Waals surface area contributed by atoms with Crippen LogP contribution in [0.15, 0.2) is 42.5 Å². The van der Waals surface area contributed by atoms with Crippen molar-refractivity contribution < 1.29 is 4.79 Å². The minimum Gasteiger partial charge on any atom is -0.321 e. The first-order valence-corrected chi connectivity index (χ1v) is 7.98. The summed E-state index contributed by atoms with van der Waals surface area (Å²) in [5.74, 6) is 0.501. The van der Waals surface area contributed by atoms with E-state index < -0.39 is 0 Å². The molecular weight excluding hydrogens is 294 g/mol. The van der Waals surface area contributed by atoms with Gasteiger partial charge in [0.15, 0.2) is 0 Å². The summed E-state index contributed by atoms with van der Waals surface area (Å²) >= 11 is 6.13. The molecule has 2 aromatic carbocycles. The third-order valence-corrected chi connectivity index (χ3v) is 4.06. The maximum Gasteiger partial charge on any atom is 0.257 e. The molecule has 0 atom stereocenters. The molecule has 0 spiro atoms. The van der Waals surface area contributed by atoms with Gasteiger partial charge in [0.1, 0.15) is 0 Å². The van der Waals surface area contributed by atoms with Crippen molar-refractivity contribution in [3.8, 4) is 0 Å². The molecule has 0 aliphatic carbocycles. The van der Waals surface area contributed by atoms with Gasteiger partial charge in [-0.25, -0.2) is 0 Å². The van der Waals surface area contributed by atoms with Gasteiger partial charge < -0.3 is 5.32 Å². The second-order valence-corrected chi connectivity index (χ2v) is 6.46. The molecule has 1 amide bonds. The molecule has 116 valence electrons. The van der Waals surface area contributed by atoms with Crippen LogP contribution in [0.4, 0.5) is 5.69 Å². The Morgan fingerprint density at radius 2 is 1.45 bits per heavy atom. The number of carbonyl (C=O) groups is 1. The summed E-state index contributed by atoms with van der Waals surface area (Å²) in [7, 11) is 0. The van der Waals surface area contributed by atoms with Gasteiger partial charge in [-0.05, 0) is 35.1 Å². The van der Waals surface area contributed by atoms with Crippen LogP contribution in [0, 0.1) is 0 Å². The van der Waals surface area contributed by atoms with Crippen LogP contribution >= 0.6 is 11.6 Å². The standard InChI is InChI=1S/C19H22ClNO/c1-12(2)14-9-7-10-15(13(3)4)18(14)21-19(22)16-8-5-6-11-17(16)20/h5-13H,1-4H3,(H,21,22). The Morgan fingerprint density at radius 1 is 0.909 bits per heavy atom. The normalized spacial score (nSPS) is 11.0. The van der Waals surface area contributed by atoms with E-state index in [2.05, 4.69) is 51.2 Å². The van der Waals surface area contributed by atoms with Crippen LogP contribution in [0.25, 0.3) is 0 Å². The molecule has 0 bridgehead atoms. The third-order valence-electron chi connectivity index (χ3n) is 3.73. The van der Waals surface area contributed by atoms with E-state index in [1.807, 2.05) is 12.1 Å². The number of nitrogens with one attached hydrogen (secondary N) is 1. The predicted octanol–water partition coefficient (Wildman–Crippen LogP) is 5.84. The van der Waals surface area contributed by atoms with Crippen LogP contribution in [0.3, 0.4) is 0 Å². The molecule has 0 aliphatic rings. The van der Waals surface area contributed by atoms with Crippen molar-refractivity contribution in [2.45, 2.75) is 39.5 Å². The van der Waals surface area contributed by atoms with E-state index >= 15 is 0 Å². The lowest BCUT2D eigenvalue weighted by atomic mass is 9.92. The number of rotatable bonds is 4. The Balaban J connectivity index is 2.44. The average Bonchev–Trinajstić information content (AvgIpc) is 2.47. The van der Waals surface area contributed by atoms with Gasteiger partial charge in [-0.2, -0.15) is 0 Å². The van der Waals surface area contributed by atoms with Crippen LogP contribution in [-0.2, 0) is 0 Å². The summed E-state index contributed by atoms with van der Waals surface area (Å²) in [5, 5.41) is 3.54. The number of halogens is 1. The van der Waals surface area contributed by atoms with Crippen molar-refractivity contribution >= 4 is 23.2 Å². The van der Waals surface area contributed by atoms with Gasteiger partial charge in [-0.1, -0.05) is 69.6 Å². The first kappa shape index (κ1) is 16.6. The molecule has 0 unspecified atom stereocenters. The van der Waals surface area contributed by atoms with E-state index in [1.54, 1.807) is 12.1 Å². The first-order valence-electron chi connectivity index (χ1n) is 7.60. The molecule has 0 aliphatic heterocycles. The fourth-order valence-electron chi connectivity index (χ4n) is 2.52. The molecule has 0 saturated heterocycles. The molecule has 2 aromatic rings. The van der Waals surface area contributed by atoms with E-state index in [4.69, 9.17) is 11.6 Å². The van der Waals surface area contributed by atoms with Gasteiger partial charge in [0.2, 0.25) is 0 Å². The fraction of sp³-hybridized carbons (Fsp3) is 0.316. The number of amides is 1. The second-order valence-electron chi connectivity index (χ2n) is 6.05. The Kier molecular flexibility index (Phi) is 5.25. The number of benzene rings is 2. The molecule has 2 nitrogen and oxygen atoms in total. The van der Waals surface area contributed by atoms with Crippen molar-refractivity contribution in [3.63, 3.8) is 0 Å². The molecule has 0 fully saturated rings. The molecule has 22 heavy (non-hydrogen) atoms. The minimum absolute atomic E-state index is 0.166. The van der Waals surface area contributed by atoms with E-state index in [9.17, 15) is 4.79 Å². The van der Waals surface area contributed by atoms with Crippen molar-refractivity contribution in [1.29, 1.82) is 0 Å². The Labute approximate surface area is 137 Å². The Hall–Kier alpha value is -1.80. The topological polar surface area (TPSA) is 29.1 Å². The average molecular weight is 316 g/mol. The quantitative estimate of drug-likeness (QED) is 0.754. The maximum absolute atomic E-state index is 12.6. The zero-order chi connectivity index (χ0) is 16.3. The van der Waals surface area contributed by atoms with Gasteiger partial charge in [-0.15, -0.1) is 0 Å². The molecule has 0 aromatic heterocycles. The van der Waals surface area contributed by atoms with Gasteiger partial charge in [0, 0.05) is 5.69 Å². The molecule has 0 radical (unpaired) electrons. The lowest BCUT2D eigenvalue weighted by Gasteiger charge is -2.20. The zero-order valence-corrected chi connectivity index (χ0v) is 14.2. The van der Waals surface area contributed by atoms with Crippen molar-refractivity contribution in [1.82, 2.24) is 0 Å². The Bertz CT molecular complexity index is 651.